The molecule has 1 aliphatic heterocycles. The first kappa shape index (κ1) is 16.8. The highest BCUT2D eigenvalue weighted by Crippen LogP contribution is 2.46. The predicted molar refractivity (Wildman–Crippen MR) is 103 cm³/mol. The monoisotopic (exact) mass is 376 g/mol. The molecule has 2 aliphatic rings. The Balaban J connectivity index is 1.29. The molecule has 1 aromatic carbocycles. The third kappa shape index (κ3) is 3.09. The van der Waals surface area contributed by atoms with Gasteiger partial charge in [0, 0.05) is 43.2 Å². The van der Waals surface area contributed by atoms with Crippen molar-refractivity contribution in [2.45, 2.75) is 37.9 Å². The molecule has 1 fully saturated rings. The van der Waals surface area contributed by atoms with E-state index < -0.39 is 5.79 Å². The minimum Gasteiger partial charge on any atom is -0.448 e. The predicted octanol–water partition coefficient (Wildman–Crippen LogP) is 3.95. The van der Waals surface area contributed by atoms with Crippen molar-refractivity contribution in [1.29, 1.82) is 0 Å². The van der Waals surface area contributed by atoms with Crippen LogP contribution in [0.1, 0.15) is 42.5 Å². The van der Waals surface area contributed by atoms with Gasteiger partial charge >= 0.3 is 0 Å². The smallest absolute Gasteiger partial charge is 0.257 e. The molecule has 0 atom stereocenters. The summed E-state index contributed by atoms with van der Waals surface area (Å²) in [5.41, 5.74) is 1.13. The summed E-state index contributed by atoms with van der Waals surface area (Å²) < 4.78 is 13.8. The number of anilines is 1. The first-order valence-electron chi connectivity index (χ1n) is 9.50. The molecule has 142 valence electrons. The molecule has 1 spiro atoms. The number of hydrogen-bond acceptors (Lipinski definition) is 5. The fourth-order valence-corrected chi connectivity index (χ4v) is 3.73. The van der Waals surface area contributed by atoms with Gasteiger partial charge in [-0.25, -0.2) is 9.67 Å². The highest BCUT2D eigenvalue weighted by molar-refractivity contribution is 6.04. The van der Waals surface area contributed by atoms with Crippen molar-refractivity contribution in [2.75, 3.05) is 5.32 Å². The van der Waals surface area contributed by atoms with E-state index in [1.807, 2.05) is 24.3 Å². The van der Waals surface area contributed by atoms with Gasteiger partial charge in [0.2, 0.25) is 0 Å². The summed E-state index contributed by atoms with van der Waals surface area (Å²) in [6, 6.07) is 10.8. The van der Waals surface area contributed by atoms with Gasteiger partial charge in [0.25, 0.3) is 11.7 Å². The molecule has 1 amide bonds. The maximum absolute atomic E-state index is 12.6. The molecule has 0 bridgehead atoms. The van der Waals surface area contributed by atoms with Gasteiger partial charge in [-0.15, -0.1) is 0 Å². The number of aromatic nitrogens is 3. The summed E-state index contributed by atoms with van der Waals surface area (Å²) in [4.78, 5) is 16.9. The summed E-state index contributed by atoms with van der Waals surface area (Å²) in [6.45, 7) is 0. The lowest BCUT2D eigenvalue weighted by molar-refractivity contribution is -0.105. The van der Waals surface area contributed by atoms with E-state index in [-0.39, 0.29) is 5.91 Å². The normalized spacial score (nSPS) is 16.9. The third-order valence-corrected chi connectivity index (χ3v) is 5.16. The topological polar surface area (TPSA) is 78.3 Å². The summed E-state index contributed by atoms with van der Waals surface area (Å²) >= 11 is 0. The van der Waals surface area contributed by atoms with Crippen LogP contribution in [0.3, 0.4) is 0 Å². The van der Waals surface area contributed by atoms with Crippen molar-refractivity contribution in [3.63, 3.8) is 0 Å². The van der Waals surface area contributed by atoms with Gasteiger partial charge in [-0.2, -0.15) is 5.10 Å². The number of ether oxygens (including phenoxy) is 2. The van der Waals surface area contributed by atoms with Crippen LogP contribution in [0.2, 0.25) is 0 Å². The van der Waals surface area contributed by atoms with Gasteiger partial charge in [0.05, 0.1) is 5.56 Å². The zero-order valence-corrected chi connectivity index (χ0v) is 15.3. The molecule has 5 rings (SSSR count). The molecule has 2 aromatic heterocycles. The fourth-order valence-electron chi connectivity index (χ4n) is 3.73. The molecular weight excluding hydrogens is 356 g/mol. The maximum atomic E-state index is 12.6. The Morgan fingerprint density at radius 2 is 1.93 bits per heavy atom. The molecule has 7 heteroatoms. The Hall–Kier alpha value is -3.35. The second kappa shape index (κ2) is 6.67. The first-order chi connectivity index (χ1) is 13.7. The lowest BCUT2D eigenvalue weighted by Crippen LogP contribution is -2.40. The molecule has 0 unspecified atom stereocenters. The Kier molecular flexibility index (Phi) is 4.00. The molecule has 0 radical (unpaired) electrons. The van der Waals surface area contributed by atoms with Crippen molar-refractivity contribution in [3.8, 4) is 17.3 Å². The molecule has 1 N–H and O–H groups in total. The van der Waals surface area contributed by atoms with Gasteiger partial charge in [-0.1, -0.05) is 6.42 Å². The summed E-state index contributed by atoms with van der Waals surface area (Å²) in [7, 11) is 0. The number of fused-ring (bicyclic) bond motifs is 1. The van der Waals surface area contributed by atoms with Crippen molar-refractivity contribution in [2.24, 2.45) is 0 Å². The Bertz CT molecular complexity index is 993. The fraction of sp³-hybridized carbons (Fsp3) is 0.286. The van der Waals surface area contributed by atoms with Crippen molar-refractivity contribution in [3.05, 3.63) is 60.6 Å². The summed E-state index contributed by atoms with van der Waals surface area (Å²) in [6.07, 6.45) is 10.3. The molecule has 1 aliphatic carbocycles. The number of benzene rings is 1. The number of rotatable bonds is 3. The van der Waals surface area contributed by atoms with Gasteiger partial charge in [0.15, 0.2) is 17.3 Å². The van der Waals surface area contributed by atoms with Crippen LogP contribution in [-0.2, 0) is 0 Å². The van der Waals surface area contributed by atoms with Crippen molar-refractivity contribution < 1.29 is 14.3 Å². The lowest BCUT2D eigenvalue weighted by Gasteiger charge is -2.31. The van der Waals surface area contributed by atoms with E-state index in [9.17, 15) is 4.79 Å². The standard InChI is InChI=1S/C21H20N4O3/c26-20(15-5-8-19(22-14-15)25-12-4-11-23-25)24-16-6-7-17-18(13-16)28-21(27-17)9-2-1-3-10-21/h4-8,11-14H,1-3,9-10H2,(H,24,26). The Labute approximate surface area is 162 Å². The third-order valence-electron chi connectivity index (χ3n) is 5.16. The van der Waals surface area contributed by atoms with Gasteiger partial charge in [0.1, 0.15) is 0 Å². The average molecular weight is 376 g/mol. The van der Waals surface area contributed by atoms with Crippen LogP contribution in [0, 0.1) is 0 Å². The van der Waals surface area contributed by atoms with Crippen LogP contribution in [-0.4, -0.2) is 26.5 Å². The van der Waals surface area contributed by atoms with E-state index in [0.717, 1.165) is 31.4 Å². The number of nitrogens with zero attached hydrogens (tertiary/aromatic N) is 3. The van der Waals surface area contributed by atoms with Crippen molar-refractivity contribution >= 4 is 11.6 Å². The van der Waals surface area contributed by atoms with Crippen LogP contribution in [0.15, 0.2) is 55.0 Å². The zero-order valence-electron chi connectivity index (χ0n) is 15.3. The van der Waals surface area contributed by atoms with Crippen LogP contribution in [0.5, 0.6) is 11.5 Å². The molecule has 1 saturated carbocycles. The van der Waals surface area contributed by atoms with E-state index in [1.54, 1.807) is 29.2 Å². The quantitative estimate of drug-likeness (QED) is 0.749. The number of amides is 1. The van der Waals surface area contributed by atoms with Crippen LogP contribution >= 0.6 is 0 Å². The van der Waals surface area contributed by atoms with E-state index in [2.05, 4.69) is 15.4 Å². The number of pyridine rings is 1. The van der Waals surface area contributed by atoms with Gasteiger partial charge in [-0.3, -0.25) is 4.79 Å². The molecule has 3 heterocycles. The zero-order chi connectivity index (χ0) is 19.0. The first-order valence-corrected chi connectivity index (χ1v) is 9.50. The van der Waals surface area contributed by atoms with Crippen LogP contribution in [0.25, 0.3) is 5.82 Å². The summed E-state index contributed by atoms with van der Waals surface area (Å²) in [5, 5.41) is 7.02. The SMILES string of the molecule is O=C(Nc1ccc2c(c1)OC1(CCCCC1)O2)c1ccc(-n2cccn2)nc1. The Morgan fingerprint density at radius 3 is 2.68 bits per heavy atom. The van der Waals surface area contributed by atoms with E-state index >= 15 is 0 Å². The minimum absolute atomic E-state index is 0.231. The number of carbonyl (C=O) groups excluding carboxylic acids is 1. The van der Waals surface area contributed by atoms with E-state index in [1.165, 1.54) is 12.6 Å². The van der Waals surface area contributed by atoms with Crippen molar-refractivity contribution in [1.82, 2.24) is 14.8 Å². The van der Waals surface area contributed by atoms with E-state index in [0.29, 0.717) is 22.8 Å². The second-order valence-electron chi connectivity index (χ2n) is 7.15. The largest absolute Gasteiger partial charge is 0.448 e. The Morgan fingerprint density at radius 1 is 1.07 bits per heavy atom. The molecule has 3 aromatic rings. The second-order valence-corrected chi connectivity index (χ2v) is 7.15. The van der Waals surface area contributed by atoms with Gasteiger partial charge < -0.3 is 14.8 Å². The lowest BCUT2D eigenvalue weighted by atomic mass is 9.94. The number of nitrogens with one attached hydrogen (secondary N) is 1. The number of carbonyl (C=O) groups is 1. The van der Waals surface area contributed by atoms with E-state index in [4.69, 9.17) is 9.47 Å². The maximum Gasteiger partial charge on any atom is 0.257 e. The minimum atomic E-state index is -0.518. The highest BCUT2D eigenvalue weighted by Gasteiger charge is 2.42. The van der Waals surface area contributed by atoms with Crippen LogP contribution < -0.4 is 14.8 Å². The highest BCUT2D eigenvalue weighted by atomic mass is 16.7. The average Bonchev–Trinajstić information content (AvgIpc) is 3.36. The molecule has 7 nitrogen and oxygen atoms in total. The number of hydrogen-bond donors (Lipinski definition) is 1. The van der Waals surface area contributed by atoms with Gasteiger partial charge in [-0.05, 0) is 43.2 Å². The summed E-state index contributed by atoms with van der Waals surface area (Å²) in [5.74, 6) is 1.33. The molecule has 28 heavy (non-hydrogen) atoms. The molecular formula is C21H20N4O3. The van der Waals surface area contributed by atoms with Crippen LogP contribution in [0.4, 0.5) is 5.69 Å². The molecule has 0 saturated heterocycles.